The summed E-state index contributed by atoms with van der Waals surface area (Å²) in [5.74, 6) is 0. The van der Waals surface area contributed by atoms with Crippen LogP contribution in [0.5, 0.6) is 0 Å². The predicted octanol–water partition coefficient (Wildman–Crippen LogP) is 3.58. The van der Waals surface area contributed by atoms with Crippen molar-refractivity contribution in [3.05, 3.63) is 35.5 Å². The van der Waals surface area contributed by atoms with Gasteiger partial charge in [0.05, 0.1) is 6.10 Å². The molecule has 1 atom stereocenters. The molecule has 0 aliphatic carbocycles. The van der Waals surface area contributed by atoms with Crippen molar-refractivity contribution >= 4 is 10.9 Å². The lowest BCUT2D eigenvalue weighted by molar-refractivity contribution is 0.188. The fourth-order valence-corrected chi connectivity index (χ4v) is 2.25. The van der Waals surface area contributed by atoms with Crippen LogP contribution in [-0.2, 0) is 0 Å². The lowest BCUT2D eigenvalue weighted by atomic mass is 10.2. The van der Waals surface area contributed by atoms with Crippen molar-refractivity contribution in [3.8, 4) is 0 Å². The molecule has 0 fully saturated rings. The van der Waals surface area contributed by atoms with Crippen LogP contribution >= 0.6 is 0 Å². The average Bonchev–Trinajstić information content (AvgIpc) is 2.55. The van der Waals surface area contributed by atoms with E-state index in [0.29, 0.717) is 6.04 Å². The fraction of sp³-hybridized carbons (Fsp3) is 0.429. The van der Waals surface area contributed by atoms with Crippen LogP contribution in [0.15, 0.2) is 24.3 Å². The Morgan fingerprint density at radius 1 is 1.12 bits per heavy atom. The van der Waals surface area contributed by atoms with Crippen LogP contribution in [0.2, 0.25) is 0 Å². The Morgan fingerprint density at radius 3 is 2.38 bits per heavy atom. The Kier molecular flexibility index (Phi) is 2.76. The number of hydrogen-bond acceptors (Lipinski definition) is 1. The Hall–Kier alpha value is -1.28. The fourth-order valence-electron chi connectivity index (χ4n) is 2.25. The number of hydrogen-bond donors (Lipinski definition) is 1. The van der Waals surface area contributed by atoms with Gasteiger partial charge >= 0.3 is 0 Å². The maximum atomic E-state index is 9.80. The Labute approximate surface area is 96.5 Å². The summed E-state index contributed by atoms with van der Waals surface area (Å²) in [7, 11) is 0. The molecule has 1 unspecified atom stereocenters. The maximum Gasteiger partial charge on any atom is 0.0912 e. The van der Waals surface area contributed by atoms with Gasteiger partial charge in [-0.05, 0) is 50.8 Å². The molecule has 2 nitrogen and oxygen atoms in total. The highest BCUT2D eigenvalue weighted by Crippen LogP contribution is 2.28. The van der Waals surface area contributed by atoms with Gasteiger partial charge in [0, 0.05) is 17.3 Å². The van der Waals surface area contributed by atoms with E-state index < -0.39 is 6.10 Å². The molecular weight excluding hydrogens is 198 g/mol. The van der Waals surface area contributed by atoms with E-state index >= 15 is 0 Å². The first kappa shape index (κ1) is 11.2. The summed E-state index contributed by atoms with van der Waals surface area (Å²) in [5, 5.41) is 11.0. The number of nitrogens with zero attached hydrogens (tertiary/aromatic N) is 1. The van der Waals surface area contributed by atoms with E-state index in [-0.39, 0.29) is 0 Å². The van der Waals surface area contributed by atoms with Crippen molar-refractivity contribution < 1.29 is 5.11 Å². The molecule has 0 spiro atoms. The van der Waals surface area contributed by atoms with E-state index in [1.54, 1.807) is 0 Å². The molecule has 2 aromatic rings. The number of aromatic nitrogens is 1. The van der Waals surface area contributed by atoms with E-state index in [9.17, 15) is 5.11 Å². The van der Waals surface area contributed by atoms with Crippen molar-refractivity contribution in [3.63, 3.8) is 0 Å². The normalized spacial score (nSPS) is 13.6. The molecule has 2 heteroatoms. The molecule has 1 aromatic heterocycles. The lowest BCUT2D eigenvalue weighted by Gasteiger charge is -2.16. The minimum absolute atomic E-state index is 0.365. The zero-order valence-corrected chi connectivity index (χ0v) is 10.4. The smallest absolute Gasteiger partial charge is 0.0912 e. The first-order chi connectivity index (χ1) is 7.50. The third-order valence-corrected chi connectivity index (χ3v) is 2.97. The molecule has 16 heavy (non-hydrogen) atoms. The van der Waals surface area contributed by atoms with E-state index in [1.165, 1.54) is 16.5 Å². The highest BCUT2D eigenvalue weighted by atomic mass is 16.3. The van der Waals surface area contributed by atoms with Crippen LogP contribution < -0.4 is 0 Å². The molecule has 0 amide bonds. The SMILES string of the molecule is Cc1ccc2cc(C(C)O)n(C(C)C)c2c1. The summed E-state index contributed by atoms with van der Waals surface area (Å²) >= 11 is 0. The largest absolute Gasteiger partial charge is 0.387 e. The van der Waals surface area contributed by atoms with Gasteiger partial charge in [0.2, 0.25) is 0 Å². The Balaban J connectivity index is 2.77. The second-order valence-electron chi connectivity index (χ2n) is 4.77. The minimum atomic E-state index is -0.421. The van der Waals surface area contributed by atoms with Gasteiger partial charge in [-0.2, -0.15) is 0 Å². The molecule has 1 N–H and O–H groups in total. The molecular formula is C14H19NO. The molecule has 0 aliphatic heterocycles. The topological polar surface area (TPSA) is 25.2 Å². The number of benzene rings is 1. The van der Waals surface area contributed by atoms with Gasteiger partial charge < -0.3 is 9.67 Å². The van der Waals surface area contributed by atoms with Crippen molar-refractivity contribution in [2.75, 3.05) is 0 Å². The standard InChI is InChI=1S/C14H19NO/c1-9(2)15-13(11(4)16)8-12-6-5-10(3)7-14(12)15/h5-9,11,16H,1-4H3. The Bertz CT molecular complexity index is 509. The van der Waals surface area contributed by atoms with Crippen LogP contribution in [0.3, 0.4) is 0 Å². The summed E-state index contributed by atoms with van der Waals surface area (Å²) in [6, 6.07) is 8.86. The van der Waals surface area contributed by atoms with Gasteiger partial charge in [-0.1, -0.05) is 12.1 Å². The second kappa shape index (κ2) is 3.95. The summed E-state index contributed by atoms with van der Waals surface area (Å²) in [6.07, 6.45) is -0.421. The molecule has 86 valence electrons. The molecule has 0 radical (unpaired) electrons. The van der Waals surface area contributed by atoms with Crippen molar-refractivity contribution in [1.29, 1.82) is 0 Å². The summed E-state index contributed by atoms with van der Waals surface area (Å²) in [6.45, 7) is 8.21. The second-order valence-corrected chi connectivity index (χ2v) is 4.77. The first-order valence-corrected chi connectivity index (χ1v) is 5.80. The summed E-state index contributed by atoms with van der Waals surface area (Å²) in [4.78, 5) is 0. The van der Waals surface area contributed by atoms with Crippen LogP contribution in [0, 0.1) is 6.92 Å². The summed E-state index contributed by atoms with van der Waals surface area (Å²) < 4.78 is 2.22. The predicted molar refractivity (Wildman–Crippen MR) is 67.7 cm³/mol. The van der Waals surface area contributed by atoms with Gasteiger partial charge in [0.25, 0.3) is 0 Å². The lowest BCUT2D eigenvalue weighted by Crippen LogP contribution is -2.07. The van der Waals surface area contributed by atoms with Crippen LogP contribution in [-0.4, -0.2) is 9.67 Å². The van der Waals surface area contributed by atoms with Crippen LogP contribution in [0.4, 0.5) is 0 Å². The molecule has 1 aromatic carbocycles. The van der Waals surface area contributed by atoms with E-state index in [2.05, 4.69) is 49.6 Å². The minimum Gasteiger partial charge on any atom is -0.387 e. The third-order valence-electron chi connectivity index (χ3n) is 2.97. The molecule has 0 saturated heterocycles. The first-order valence-electron chi connectivity index (χ1n) is 5.80. The third kappa shape index (κ3) is 1.74. The molecule has 0 aliphatic rings. The number of aliphatic hydroxyl groups excluding tert-OH is 1. The molecule has 0 bridgehead atoms. The number of aliphatic hydroxyl groups is 1. The van der Waals surface area contributed by atoms with Crippen LogP contribution in [0.25, 0.3) is 10.9 Å². The van der Waals surface area contributed by atoms with Gasteiger partial charge in [-0.3, -0.25) is 0 Å². The number of rotatable bonds is 2. The highest BCUT2D eigenvalue weighted by molar-refractivity contribution is 5.82. The molecule has 2 rings (SSSR count). The summed E-state index contributed by atoms with van der Waals surface area (Å²) in [5.41, 5.74) is 3.46. The monoisotopic (exact) mass is 217 g/mol. The number of fused-ring (bicyclic) bond motifs is 1. The molecule has 1 heterocycles. The highest BCUT2D eigenvalue weighted by Gasteiger charge is 2.14. The quantitative estimate of drug-likeness (QED) is 0.817. The van der Waals surface area contributed by atoms with Gasteiger partial charge in [0.1, 0.15) is 0 Å². The number of aryl methyl sites for hydroxylation is 1. The average molecular weight is 217 g/mol. The van der Waals surface area contributed by atoms with E-state index in [4.69, 9.17) is 0 Å². The van der Waals surface area contributed by atoms with Crippen molar-refractivity contribution in [2.45, 2.75) is 39.8 Å². The van der Waals surface area contributed by atoms with E-state index in [0.717, 1.165) is 5.69 Å². The van der Waals surface area contributed by atoms with Crippen molar-refractivity contribution in [2.24, 2.45) is 0 Å². The van der Waals surface area contributed by atoms with Crippen LogP contribution in [0.1, 0.15) is 44.2 Å². The maximum absolute atomic E-state index is 9.80. The van der Waals surface area contributed by atoms with Gasteiger partial charge in [-0.25, -0.2) is 0 Å². The zero-order valence-electron chi connectivity index (χ0n) is 10.4. The Morgan fingerprint density at radius 2 is 1.81 bits per heavy atom. The molecule has 0 saturated carbocycles. The van der Waals surface area contributed by atoms with Crippen molar-refractivity contribution in [1.82, 2.24) is 4.57 Å². The van der Waals surface area contributed by atoms with E-state index in [1.807, 2.05) is 6.92 Å². The van der Waals surface area contributed by atoms with Gasteiger partial charge in [0.15, 0.2) is 0 Å². The van der Waals surface area contributed by atoms with Gasteiger partial charge in [-0.15, -0.1) is 0 Å². The zero-order chi connectivity index (χ0) is 11.9.